The summed E-state index contributed by atoms with van der Waals surface area (Å²) in [6.45, 7) is 6.20. The van der Waals surface area contributed by atoms with Crippen molar-refractivity contribution < 1.29 is 4.79 Å². The minimum absolute atomic E-state index is 0.159. The fourth-order valence-electron chi connectivity index (χ4n) is 2.42. The Morgan fingerprint density at radius 3 is 2.55 bits per heavy atom. The number of hydrogen-bond acceptors (Lipinski definition) is 5. The molecule has 0 fully saturated rings. The molecule has 1 aromatic heterocycles. The highest BCUT2D eigenvalue weighted by Crippen LogP contribution is 2.20. The van der Waals surface area contributed by atoms with Gasteiger partial charge in [-0.3, -0.25) is 4.79 Å². The smallest absolute Gasteiger partial charge is 0.223 e. The van der Waals surface area contributed by atoms with Gasteiger partial charge < -0.3 is 4.90 Å². The Labute approximate surface area is 128 Å². The van der Waals surface area contributed by atoms with E-state index in [1.54, 1.807) is 6.08 Å². The Morgan fingerprint density at radius 2 is 1.86 bits per heavy atom. The zero-order valence-corrected chi connectivity index (χ0v) is 12.6. The van der Waals surface area contributed by atoms with Gasteiger partial charge in [-0.05, 0) is 50.3 Å². The highest BCUT2D eigenvalue weighted by atomic mass is 16.1. The van der Waals surface area contributed by atoms with Crippen LogP contribution in [0.4, 0.5) is 11.4 Å². The second kappa shape index (κ2) is 5.93. The molecule has 2 aromatic rings. The van der Waals surface area contributed by atoms with Crippen LogP contribution in [0.15, 0.2) is 47.7 Å². The molecule has 6 nitrogen and oxygen atoms in total. The molecule has 0 saturated heterocycles. The zero-order valence-electron chi connectivity index (χ0n) is 12.6. The lowest BCUT2D eigenvalue weighted by atomic mass is 10.2. The fraction of sp³-hybridized carbons (Fsp3) is 0.250. The van der Waals surface area contributed by atoms with Crippen molar-refractivity contribution in [1.82, 2.24) is 14.8 Å². The lowest BCUT2D eigenvalue weighted by molar-refractivity contribution is 0.103. The second-order valence-electron chi connectivity index (χ2n) is 4.85. The summed E-state index contributed by atoms with van der Waals surface area (Å²) in [5.74, 6) is 0.719. The van der Waals surface area contributed by atoms with Crippen molar-refractivity contribution in [1.29, 1.82) is 0 Å². The molecule has 1 aliphatic rings. The SMILES string of the molecule is CCN(CC)c1ccc(N=C2C=CC(=O)c3ncnn32)cc1. The molecule has 0 unspecified atom stereocenters. The van der Waals surface area contributed by atoms with Gasteiger partial charge in [0.15, 0.2) is 5.84 Å². The number of ketones is 1. The van der Waals surface area contributed by atoms with Crippen LogP contribution in [0.25, 0.3) is 0 Å². The summed E-state index contributed by atoms with van der Waals surface area (Å²) >= 11 is 0. The van der Waals surface area contributed by atoms with Crippen molar-refractivity contribution in [3.63, 3.8) is 0 Å². The number of carbonyl (C=O) groups is 1. The van der Waals surface area contributed by atoms with Crippen LogP contribution in [0.2, 0.25) is 0 Å². The summed E-state index contributed by atoms with van der Waals surface area (Å²) in [6, 6.07) is 8.02. The number of fused-ring (bicyclic) bond motifs is 1. The van der Waals surface area contributed by atoms with Crippen LogP contribution in [0.5, 0.6) is 0 Å². The van der Waals surface area contributed by atoms with Gasteiger partial charge in [0.1, 0.15) is 6.33 Å². The molecule has 2 heterocycles. The minimum Gasteiger partial charge on any atom is -0.372 e. The summed E-state index contributed by atoms with van der Waals surface area (Å²) in [6.07, 6.45) is 4.48. The largest absolute Gasteiger partial charge is 0.372 e. The number of allylic oxidation sites excluding steroid dienone is 2. The Kier molecular flexibility index (Phi) is 3.82. The molecule has 112 valence electrons. The number of rotatable bonds is 4. The van der Waals surface area contributed by atoms with Crippen molar-refractivity contribution in [3.8, 4) is 0 Å². The quantitative estimate of drug-likeness (QED) is 0.869. The third-order valence-corrected chi connectivity index (χ3v) is 3.59. The molecule has 0 aliphatic carbocycles. The van der Waals surface area contributed by atoms with Gasteiger partial charge in [-0.1, -0.05) is 0 Å². The summed E-state index contributed by atoms with van der Waals surface area (Å²) in [4.78, 5) is 22.4. The molecule has 3 rings (SSSR count). The predicted molar refractivity (Wildman–Crippen MR) is 86.0 cm³/mol. The van der Waals surface area contributed by atoms with E-state index in [2.05, 4.69) is 33.8 Å². The van der Waals surface area contributed by atoms with Gasteiger partial charge in [-0.15, -0.1) is 0 Å². The Bertz CT molecular complexity index is 738. The molecule has 0 radical (unpaired) electrons. The van der Waals surface area contributed by atoms with E-state index in [0.717, 1.165) is 18.8 Å². The molecule has 1 aromatic carbocycles. The van der Waals surface area contributed by atoms with Gasteiger partial charge in [-0.2, -0.15) is 9.78 Å². The van der Waals surface area contributed by atoms with Crippen LogP contribution in [0.3, 0.4) is 0 Å². The van der Waals surface area contributed by atoms with Crippen molar-refractivity contribution in [2.75, 3.05) is 18.0 Å². The van der Waals surface area contributed by atoms with Crippen LogP contribution in [-0.2, 0) is 0 Å². The number of carbonyl (C=O) groups excluding carboxylic acids is 1. The fourth-order valence-corrected chi connectivity index (χ4v) is 2.42. The highest BCUT2D eigenvalue weighted by Gasteiger charge is 2.19. The van der Waals surface area contributed by atoms with Crippen LogP contribution in [-0.4, -0.2) is 39.5 Å². The molecular formula is C16H17N5O. The van der Waals surface area contributed by atoms with Crippen LogP contribution >= 0.6 is 0 Å². The first-order valence-corrected chi connectivity index (χ1v) is 7.29. The average Bonchev–Trinajstić information content (AvgIpc) is 3.04. The van der Waals surface area contributed by atoms with E-state index in [9.17, 15) is 4.79 Å². The van der Waals surface area contributed by atoms with Crippen LogP contribution in [0.1, 0.15) is 24.5 Å². The second-order valence-corrected chi connectivity index (χ2v) is 4.85. The van der Waals surface area contributed by atoms with E-state index in [1.807, 2.05) is 24.3 Å². The number of nitrogens with zero attached hydrogens (tertiary/aromatic N) is 5. The van der Waals surface area contributed by atoms with Crippen molar-refractivity contribution in [2.24, 2.45) is 4.99 Å². The number of aromatic nitrogens is 3. The van der Waals surface area contributed by atoms with E-state index in [4.69, 9.17) is 0 Å². The van der Waals surface area contributed by atoms with Crippen molar-refractivity contribution >= 4 is 23.0 Å². The summed E-state index contributed by atoms with van der Waals surface area (Å²) in [5, 5.41) is 4.05. The Balaban J connectivity index is 1.90. The number of anilines is 1. The molecule has 6 heteroatoms. The topological polar surface area (TPSA) is 63.4 Å². The van der Waals surface area contributed by atoms with Crippen molar-refractivity contribution in [2.45, 2.75) is 13.8 Å². The van der Waals surface area contributed by atoms with Crippen LogP contribution in [0, 0.1) is 0 Å². The molecule has 22 heavy (non-hydrogen) atoms. The van der Waals surface area contributed by atoms with Gasteiger partial charge in [0.05, 0.1) is 5.69 Å². The zero-order chi connectivity index (χ0) is 15.5. The molecule has 0 amide bonds. The van der Waals surface area contributed by atoms with Crippen LogP contribution < -0.4 is 4.90 Å². The standard InChI is InChI=1S/C16H17N5O/c1-3-20(4-2)13-7-5-12(6-8-13)19-15-10-9-14(22)16-17-11-18-21(15)16/h5-11H,3-4H2,1-2H3. The first-order chi connectivity index (χ1) is 10.7. The van der Waals surface area contributed by atoms with E-state index >= 15 is 0 Å². The van der Waals surface area contributed by atoms with Crippen molar-refractivity contribution in [3.05, 3.63) is 48.6 Å². The molecule has 0 atom stereocenters. The summed E-state index contributed by atoms with van der Waals surface area (Å²) in [7, 11) is 0. The van der Waals surface area contributed by atoms with E-state index in [-0.39, 0.29) is 5.78 Å². The maximum absolute atomic E-state index is 11.7. The third-order valence-electron chi connectivity index (χ3n) is 3.59. The number of benzene rings is 1. The lowest BCUT2D eigenvalue weighted by Crippen LogP contribution is -2.22. The van der Waals surface area contributed by atoms with Gasteiger partial charge in [0, 0.05) is 18.8 Å². The highest BCUT2D eigenvalue weighted by molar-refractivity contribution is 6.13. The minimum atomic E-state index is -0.159. The Morgan fingerprint density at radius 1 is 1.14 bits per heavy atom. The monoisotopic (exact) mass is 295 g/mol. The maximum Gasteiger partial charge on any atom is 0.223 e. The first kappa shape index (κ1) is 14.2. The molecule has 0 saturated carbocycles. The van der Waals surface area contributed by atoms with Gasteiger partial charge >= 0.3 is 0 Å². The number of hydrogen-bond donors (Lipinski definition) is 0. The lowest BCUT2D eigenvalue weighted by Gasteiger charge is -2.20. The normalized spacial score (nSPS) is 15.2. The maximum atomic E-state index is 11.7. The van der Waals surface area contributed by atoms with Gasteiger partial charge in [0.25, 0.3) is 0 Å². The molecular weight excluding hydrogens is 278 g/mol. The van der Waals surface area contributed by atoms with Gasteiger partial charge in [0.2, 0.25) is 11.6 Å². The van der Waals surface area contributed by atoms with Gasteiger partial charge in [-0.25, -0.2) is 9.98 Å². The molecule has 0 N–H and O–H groups in total. The molecule has 0 spiro atoms. The first-order valence-electron chi connectivity index (χ1n) is 7.29. The van der Waals surface area contributed by atoms with E-state index in [0.29, 0.717) is 11.7 Å². The summed E-state index contributed by atoms with van der Waals surface area (Å²) < 4.78 is 1.46. The predicted octanol–water partition coefficient (Wildman–Crippen LogP) is 2.46. The molecule has 1 aliphatic heterocycles. The molecule has 0 bridgehead atoms. The average molecular weight is 295 g/mol. The number of aliphatic imine (C=N–C) groups is 1. The third kappa shape index (κ3) is 2.55. The Hall–Kier alpha value is -2.76. The van der Waals surface area contributed by atoms with E-state index < -0.39 is 0 Å². The van der Waals surface area contributed by atoms with E-state index in [1.165, 1.54) is 22.8 Å². The summed E-state index contributed by atoms with van der Waals surface area (Å²) in [5.41, 5.74) is 1.98.